The number of aliphatic hydroxyl groups is 4. The van der Waals surface area contributed by atoms with Crippen LogP contribution in [0.15, 0.2) is 29.0 Å². The molecule has 0 spiro atoms. The maximum Gasteiger partial charge on any atom is 0.255 e. The van der Waals surface area contributed by atoms with E-state index in [2.05, 4.69) is 0 Å². The number of carbonyl (C=O) groups is 3. The summed E-state index contributed by atoms with van der Waals surface area (Å²) in [5, 5.41) is 54.0. The molecule has 4 rings (SSSR count). The highest BCUT2D eigenvalue weighted by Crippen LogP contribution is 2.57. The molecule has 0 heterocycles. The Morgan fingerprint density at radius 3 is 2.43 bits per heavy atom. The van der Waals surface area contributed by atoms with Gasteiger partial charge in [-0.05, 0) is 25.5 Å². The number of aliphatic hydroxyl groups excluding tert-OH is 2. The van der Waals surface area contributed by atoms with Crippen LogP contribution in [0.4, 0.5) is 0 Å². The lowest BCUT2D eigenvalue weighted by Gasteiger charge is -2.50. The Morgan fingerprint density at radius 2 is 1.83 bits per heavy atom. The van der Waals surface area contributed by atoms with Gasteiger partial charge < -0.3 is 31.3 Å². The zero-order valence-electron chi connectivity index (χ0n) is 15.6. The monoisotopic (exact) mass is 435 g/mol. The van der Waals surface area contributed by atoms with Crippen LogP contribution in [0.2, 0.25) is 5.02 Å². The highest BCUT2D eigenvalue weighted by Gasteiger charge is 2.63. The van der Waals surface area contributed by atoms with Crippen molar-refractivity contribution in [3.8, 4) is 5.75 Å². The summed E-state index contributed by atoms with van der Waals surface area (Å²) in [6, 6.07) is 2.49. The second-order valence-electron chi connectivity index (χ2n) is 8.02. The number of fused-ring (bicyclic) bond motifs is 3. The van der Waals surface area contributed by atoms with Crippen molar-refractivity contribution in [1.29, 1.82) is 0 Å². The predicted octanol–water partition coefficient (Wildman–Crippen LogP) is 0.742. The summed E-state index contributed by atoms with van der Waals surface area (Å²) in [6.45, 7) is 1.33. The Hall–Kier alpha value is -2.88. The highest BCUT2D eigenvalue weighted by atomic mass is 35.5. The van der Waals surface area contributed by atoms with Crippen LogP contribution in [-0.4, -0.2) is 48.6 Å². The normalized spacial score (nSPS) is 33.2. The molecule has 0 aromatic heterocycles. The van der Waals surface area contributed by atoms with Crippen LogP contribution in [0, 0.1) is 11.8 Å². The lowest BCUT2D eigenvalue weighted by Crippen LogP contribution is -2.60. The van der Waals surface area contributed by atoms with Crippen LogP contribution in [-0.2, 0) is 20.0 Å². The molecule has 0 radical (unpaired) electrons. The molecule has 10 heteroatoms. The van der Waals surface area contributed by atoms with Crippen molar-refractivity contribution in [3.63, 3.8) is 0 Å². The summed E-state index contributed by atoms with van der Waals surface area (Å²) in [5.41, 5.74) is -1.05. The van der Waals surface area contributed by atoms with E-state index in [0.717, 1.165) is 0 Å². The number of Topliss-reactive ketones (excluding diaryl/α,β-unsaturated/α-hetero) is 2. The molecule has 1 saturated carbocycles. The van der Waals surface area contributed by atoms with Crippen LogP contribution < -0.4 is 5.73 Å². The van der Waals surface area contributed by atoms with E-state index in [1.165, 1.54) is 19.1 Å². The minimum atomic E-state index is -2.69. The number of hydrogen-bond donors (Lipinski definition) is 6. The van der Waals surface area contributed by atoms with Gasteiger partial charge in [-0.15, -0.1) is 0 Å². The quantitative estimate of drug-likeness (QED) is 0.349. The molecule has 1 amide bonds. The summed E-state index contributed by atoms with van der Waals surface area (Å²) in [6.07, 6.45) is -0.687. The number of phenols is 1. The molecule has 1 aromatic carbocycles. The first-order valence-electron chi connectivity index (χ1n) is 9.06. The average molecular weight is 436 g/mol. The number of ketones is 2. The SMILES string of the molecule is C[C@@]1(O)c2c(Cl)ccc(O)c2C(O)=C2C(=O)[C@]3(O)C(O)=C(C(N)=O)C(=O)C[C@@H]3C[C@H]21. The second-order valence-corrected chi connectivity index (χ2v) is 8.43. The zero-order chi connectivity index (χ0) is 22.3. The number of hydrogen-bond acceptors (Lipinski definition) is 8. The minimum absolute atomic E-state index is 0.00613. The van der Waals surface area contributed by atoms with Gasteiger partial charge in [-0.1, -0.05) is 11.6 Å². The number of phenolic OH excluding ortho intramolecular Hbond substituents is 1. The summed E-state index contributed by atoms with van der Waals surface area (Å²) < 4.78 is 0. The summed E-state index contributed by atoms with van der Waals surface area (Å²) in [7, 11) is 0. The molecule has 7 N–H and O–H groups in total. The van der Waals surface area contributed by atoms with Gasteiger partial charge in [0.2, 0.25) is 5.78 Å². The van der Waals surface area contributed by atoms with Crippen LogP contribution in [0.3, 0.4) is 0 Å². The van der Waals surface area contributed by atoms with Gasteiger partial charge in [0.1, 0.15) is 22.8 Å². The van der Waals surface area contributed by atoms with E-state index in [-0.39, 0.29) is 22.6 Å². The first-order chi connectivity index (χ1) is 13.8. The Labute approximate surface area is 174 Å². The van der Waals surface area contributed by atoms with Crippen molar-refractivity contribution in [2.75, 3.05) is 0 Å². The molecule has 1 fully saturated rings. The molecule has 158 valence electrons. The van der Waals surface area contributed by atoms with Gasteiger partial charge in [0.25, 0.3) is 5.91 Å². The van der Waals surface area contributed by atoms with Crippen molar-refractivity contribution in [1.82, 2.24) is 0 Å². The molecule has 0 bridgehead atoms. The van der Waals surface area contributed by atoms with Crippen LogP contribution in [0.5, 0.6) is 5.75 Å². The largest absolute Gasteiger partial charge is 0.508 e. The third-order valence-corrected chi connectivity index (χ3v) is 6.73. The lowest BCUT2D eigenvalue weighted by atomic mass is 9.56. The molecular weight excluding hydrogens is 418 g/mol. The molecule has 4 atom stereocenters. The molecule has 0 aliphatic heterocycles. The van der Waals surface area contributed by atoms with Crippen molar-refractivity contribution in [2.24, 2.45) is 17.6 Å². The van der Waals surface area contributed by atoms with Crippen molar-refractivity contribution < 1.29 is 39.9 Å². The zero-order valence-corrected chi connectivity index (χ0v) is 16.4. The summed E-state index contributed by atoms with van der Waals surface area (Å²) >= 11 is 6.20. The molecule has 1 aromatic rings. The number of amides is 1. The fourth-order valence-corrected chi connectivity index (χ4v) is 5.30. The van der Waals surface area contributed by atoms with E-state index in [1.807, 2.05) is 0 Å². The fraction of sp³-hybridized carbons (Fsp3) is 0.350. The van der Waals surface area contributed by atoms with Crippen LogP contribution >= 0.6 is 11.6 Å². The Bertz CT molecular complexity index is 1120. The Morgan fingerprint density at radius 1 is 1.20 bits per heavy atom. The first kappa shape index (κ1) is 20.4. The number of benzene rings is 1. The van der Waals surface area contributed by atoms with Gasteiger partial charge in [0.05, 0.1) is 11.2 Å². The standard InChI is InChI=1S/C20H18ClNO8/c1-19(29)7-4-6-5-10(24)13(18(22)28)17(27)20(6,30)16(26)11(7)15(25)12-9(23)3-2-8(21)14(12)19/h2-3,6-7,23,25,27,29-30H,4-5H2,1H3,(H2,22,28)/t6-,7+,19-,20-/m0/s1. The maximum absolute atomic E-state index is 13.4. The second kappa shape index (κ2) is 6.07. The number of aromatic hydroxyl groups is 1. The van der Waals surface area contributed by atoms with E-state index in [4.69, 9.17) is 17.3 Å². The number of rotatable bonds is 1. The smallest absolute Gasteiger partial charge is 0.255 e. The first-order valence-corrected chi connectivity index (χ1v) is 9.44. The Kier molecular flexibility index (Phi) is 4.12. The van der Waals surface area contributed by atoms with Gasteiger partial charge in [0, 0.05) is 34.4 Å². The van der Waals surface area contributed by atoms with E-state index in [1.54, 1.807) is 0 Å². The van der Waals surface area contributed by atoms with Gasteiger partial charge in [-0.3, -0.25) is 14.4 Å². The third-order valence-electron chi connectivity index (χ3n) is 6.41. The molecule has 30 heavy (non-hydrogen) atoms. The molecule has 9 nitrogen and oxygen atoms in total. The molecule has 3 aliphatic rings. The average Bonchev–Trinajstić information content (AvgIpc) is 2.64. The molecular formula is C20H18ClNO8. The summed E-state index contributed by atoms with van der Waals surface area (Å²) in [4.78, 5) is 37.3. The van der Waals surface area contributed by atoms with E-state index in [0.29, 0.717) is 0 Å². The number of primary amides is 1. The molecule has 0 saturated heterocycles. The van der Waals surface area contributed by atoms with Crippen molar-refractivity contribution in [2.45, 2.75) is 31.0 Å². The topological polar surface area (TPSA) is 178 Å². The van der Waals surface area contributed by atoms with Gasteiger partial charge in [-0.25, -0.2) is 0 Å². The number of halogens is 1. The lowest BCUT2D eigenvalue weighted by molar-refractivity contribution is -0.152. The van der Waals surface area contributed by atoms with Gasteiger partial charge in [0.15, 0.2) is 11.4 Å². The van der Waals surface area contributed by atoms with E-state index >= 15 is 0 Å². The third kappa shape index (κ3) is 2.28. The van der Waals surface area contributed by atoms with Gasteiger partial charge in [-0.2, -0.15) is 0 Å². The molecule has 0 unspecified atom stereocenters. The number of nitrogens with two attached hydrogens (primary N) is 1. The van der Waals surface area contributed by atoms with Crippen molar-refractivity contribution in [3.05, 3.63) is 45.2 Å². The Balaban J connectivity index is 2.03. The van der Waals surface area contributed by atoms with E-state index < -0.39 is 75.3 Å². The predicted molar refractivity (Wildman–Crippen MR) is 102 cm³/mol. The maximum atomic E-state index is 13.4. The summed E-state index contributed by atoms with van der Waals surface area (Å²) in [5.74, 6) is -8.01. The number of carbonyl (C=O) groups excluding carboxylic acids is 3. The van der Waals surface area contributed by atoms with Gasteiger partial charge >= 0.3 is 0 Å². The van der Waals surface area contributed by atoms with Crippen LogP contribution in [0.1, 0.15) is 30.9 Å². The fourth-order valence-electron chi connectivity index (χ4n) is 4.95. The van der Waals surface area contributed by atoms with E-state index in [9.17, 15) is 39.9 Å². The van der Waals surface area contributed by atoms with Crippen LogP contribution in [0.25, 0.3) is 5.76 Å². The molecule has 3 aliphatic carbocycles. The minimum Gasteiger partial charge on any atom is -0.508 e. The van der Waals surface area contributed by atoms with Crippen molar-refractivity contribution >= 4 is 34.8 Å². The highest BCUT2D eigenvalue weighted by molar-refractivity contribution is 6.32.